The monoisotopic (exact) mass is 266 g/mol. The zero-order chi connectivity index (χ0) is 13.7. The Morgan fingerprint density at radius 3 is 2.72 bits per heavy atom. The van der Waals surface area contributed by atoms with E-state index in [9.17, 15) is 0 Å². The second-order valence-electron chi connectivity index (χ2n) is 4.83. The fraction of sp³-hybridized carbons (Fsp3) is 0.571. The minimum atomic E-state index is 0.346. The maximum Gasteiger partial charge on any atom is 0.224 e. The van der Waals surface area contributed by atoms with Crippen LogP contribution in [0.15, 0.2) is 6.07 Å². The molecule has 1 rings (SSSR count). The van der Waals surface area contributed by atoms with E-state index in [1.807, 2.05) is 19.9 Å². The van der Waals surface area contributed by atoms with Crippen molar-refractivity contribution in [3.05, 3.63) is 22.9 Å². The number of aryl methyl sites for hydroxylation is 2. The average Bonchev–Trinajstić information content (AvgIpc) is 2.25. The van der Waals surface area contributed by atoms with E-state index in [-0.39, 0.29) is 0 Å². The van der Waals surface area contributed by atoms with E-state index in [2.05, 4.69) is 18.8 Å². The molecule has 0 bridgehead atoms. The Hall–Kier alpha value is -1.16. The number of hydrogen-bond donors (Lipinski definition) is 1. The summed E-state index contributed by atoms with van der Waals surface area (Å²) in [7, 11) is 0. The Labute approximate surface area is 115 Å². The molecule has 0 spiro atoms. The summed E-state index contributed by atoms with van der Waals surface area (Å²) in [6, 6.07) is 1.97. The molecular weight excluding hydrogens is 244 g/mol. The van der Waals surface area contributed by atoms with Crippen LogP contribution in [0.2, 0.25) is 0 Å². The molecule has 3 nitrogen and oxygen atoms in total. The zero-order valence-electron chi connectivity index (χ0n) is 11.6. The molecule has 0 aliphatic heterocycles. The topological polar surface area (TPSA) is 48.1 Å². The Morgan fingerprint density at radius 1 is 1.50 bits per heavy atom. The fourth-order valence-corrected chi connectivity index (χ4v) is 2.25. The third kappa shape index (κ3) is 3.95. The van der Waals surface area contributed by atoms with Gasteiger partial charge < -0.3 is 10.5 Å². The largest absolute Gasteiger partial charge is 0.477 e. The first kappa shape index (κ1) is 14.9. The number of nitrogens with zero attached hydrogens (tertiary/aromatic N) is 1. The minimum absolute atomic E-state index is 0.346. The molecule has 0 amide bonds. The molecule has 0 radical (unpaired) electrons. The van der Waals surface area contributed by atoms with Gasteiger partial charge in [0.15, 0.2) is 0 Å². The Morgan fingerprint density at radius 2 is 2.17 bits per heavy atom. The lowest BCUT2D eigenvalue weighted by Crippen LogP contribution is -2.17. The molecule has 0 aliphatic rings. The van der Waals surface area contributed by atoms with Gasteiger partial charge in [0, 0.05) is 5.69 Å². The SMILES string of the molecule is CCCC(C)COc1nc(C)cc(C)c1C(N)=S. The van der Waals surface area contributed by atoms with E-state index < -0.39 is 0 Å². The number of thiocarbonyl (C=S) groups is 1. The molecule has 1 heterocycles. The molecule has 1 aromatic heterocycles. The van der Waals surface area contributed by atoms with Gasteiger partial charge >= 0.3 is 0 Å². The highest BCUT2D eigenvalue weighted by molar-refractivity contribution is 7.80. The first-order valence-electron chi connectivity index (χ1n) is 6.36. The highest BCUT2D eigenvalue weighted by Crippen LogP contribution is 2.21. The van der Waals surface area contributed by atoms with Gasteiger partial charge in [0.2, 0.25) is 5.88 Å². The normalized spacial score (nSPS) is 12.2. The van der Waals surface area contributed by atoms with Crippen molar-refractivity contribution >= 4 is 17.2 Å². The van der Waals surface area contributed by atoms with Crippen molar-refractivity contribution in [3.63, 3.8) is 0 Å². The Bertz CT molecular complexity index is 432. The van der Waals surface area contributed by atoms with Gasteiger partial charge in [-0.1, -0.05) is 32.5 Å². The number of hydrogen-bond acceptors (Lipinski definition) is 3. The van der Waals surface area contributed by atoms with Crippen LogP contribution in [0.1, 0.15) is 43.5 Å². The summed E-state index contributed by atoms with van der Waals surface area (Å²) >= 11 is 5.07. The lowest BCUT2D eigenvalue weighted by atomic mass is 10.1. The molecule has 100 valence electrons. The maximum absolute atomic E-state index is 5.80. The van der Waals surface area contributed by atoms with Crippen LogP contribution in [0, 0.1) is 19.8 Å². The van der Waals surface area contributed by atoms with Crippen molar-refractivity contribution in [1.29, 1.82) is 0 Å². The molecule has 1 atom stereocenters. The van der Waals surface area contributed by atoms with Crippen molar-refractivity contribution in [2.75, 3.05) is 6.61 Å². The number of ether oxygens (including phenoxy) is 1. The van der Waals surface area contributed by atoms with E-state index in [1.165, 1.54) is 0 Å². The van der Waals surface area contributed by atoms with Crippen LogP contribution in [-0.4, -0.2) is 16.6 Å². The van der Waals surface area contributed by atoms with Crippen molar-refractivity contribution < 1.29 is 4.74 Å². The van der Waals surface area contributed by atoms with Crippen LogP contribution >= 0.6 is 12.2 Å². The molecule has 1 unspecified atom stereocenters. The van der Waals surface area contributed by atoms with E-state index in [0.717, 1.165) is 29.7 Å². The van der Waals surface area contributed by atoms with Gasteiger partial charge in [-0.15, -0.1) is 0 Å². The molecule has 1 aromatic rings. The average molecular weight is 266 g/mol. The summed E-state index contributed by atoms with van der Waals surface area (Å²) < 4.78 is 5.80. The maximum atomic E-state index is 5.80. The van der Waals surface area contributed by atoms with Crippen molar-refractivity contribution in [1.82, 2.24) is 4.98 Å². The van der Waals surface area contributed by atoms with Crippen molar-refractivity contribution in [2.24, 2.45) is 11.7 Å². The summed E-state index contributed by atoms with van der Waals surface area (Å²) in [5.41, 5.74) is 8.45. The Balaban J connectivity index is 2.90. The molecule has 0 aromatic carbocycles. The molecule has 0 fully saturated rings. The third-order valence-corrected chi connectivity index (χ3v) is 3.05. The first-order chi connectivity index (χ1) is 8.45. The predicted octanol–water partition coefficient (Wildman–Crippen LogP) is 3.15. The van der Waals surface area contributed by atoms with Crippen LogP contribution in [0.5, 0.6) is 5.88 Å². The van der Waals surface area contributed by atoms with Crippen LogP contribution in [0.3, 0.4) is 0 Å². The van der Waals surface area contributed by atoms with Gasteiger partial charge in [0.25, 0.3) is 0 Å². The summed E-state index contributed by atoms with van der Waals surface area (Å²) in [4.78, 5) is 4.74. The zero-order valence-corrected chi connectivity index (χ0v) is 12.4. The van der Waals surface area contributed by atoms with E-state index in [4.69, 9.17) is 22.7 Å². The van der Waals surface area contributed by atoms with Gasteiger partial charge in [0.1, 0.15) is 4.99 Å². The smallest absolute Gasteiger partial charge is 0.224 e. The molecule has 0 aliphatic carbocycles. The van der Waals surface area contributed by atoms with Crippen LogP contribution in [0.4, 0.5) is 0 Å². The molecule has 2 N–H and O–H groups in total. The van der Waals surface area contributed by atoms with Crippen LogP contribution in [-0.2, 0) is 0 Å². The van der Waals surface area contributed by atoms with Gasteiger partial charge in [0.05, 0.1) is 12.2 Å². The van der Waals surface area contributed by atoms with Gasteiger partial charge in [-0.3, -0.25) is 0 Å². The molecule has 4 heteroatoms. The predicted molar refractivity (Wildman–Crippen MR) is 79.2 cm³/mol. The Kier molecular flexibility index (Phi) is 5.54. The lowest BCUT2D eigenvalue weighted by molar-refractivity contribution is 0.242. The number of pyridine rings is 1. The van der Waals surface area contributed by atoms with Crippen molar-refractivity contribution in [2.45, 2.75) is 40.5 Å². The number of rotatable bonds is 6. The molecular formula is C14H22N2OS. The standard InChI is InChI=1S/C14H22N2OS/c1-5-6-9(2)8-17-14-12(13(15)18)10(3)7-11(4)16-14/h7,9H,5-6,8H2,1-4H3,(H2,15,18). The highest BCUT2D eigenvalue weighted by Gasteiger charge is 2.13. The second-order valence-corrected chi connectivity index (χ2v) is 5.27. The number of nitrogens with two attached hydrogens (primary N) is 1. The van der Waals surface area contributed by atoms with E-state index >= 15 is 0 Å². The first-order valence-corrected chi connectivity index (χ1v) is 6.77. The van der Waals surface area contributed by atoms with E-state index in [0.29, 0.717) is 23.4 Å². The molecule has 18 heavy (non-hydrogen) atoms. The second kappa shape index (κ2) is 6.69. The molecule has 0 saturated carbocycles. The summed E-state index contributed by atoms with van der Waals surface area (Å²) in [6.45, 7) is 8.92. The highest BCUT2D eigenvalue weighted by atomic mass is 32.1. The quantitative estimate of drug-likeness (QED) is 0.804. The van der Waals surface area contributed by atoms with Crippen LogP contribution < -0.4 is 10.5 Å². The van der Waals surface area contributed by atoms with Gasteiger partial charge in [-0.25, -0.2) is 4.98 Å². The lowest BCUT2D eigenvalue weighted by Gasteiger charge is -2.15. The van der Waals surface area contributed by atoms with E-state index in [1.54, 1.807) is 0 Å². The minimum Gasteiger partial charge on any atom is -0.477 e. The fourth-order valence-electron chi connectivity index (χ4n) is 2.00. The van der Waals surface area contributed by atoms with Gasteiger partial charge in [-0.2, -0.15) is 0 Å². The number of aromatic nitrogens is 1. The van der Waals surface area contributed by atoms with Crippen LogP contribution in [0.25, 0.3) is 0 Å². The van der Waals surface area contributed by atoms with Crippen molar-refractivity contribution in [3.8, 4) is 5.88 Å². The summed E-state index contributed by atoms with van der Waals surface area (Å²) in [5, 5.41) is 0. The van der Waals surface area contributed by atoms with Gasteiger partial charge in [-0.05, 0) is 37.8 Å². The summed E-state index contributed by atoms with van der Waals surface area (Å²) in [5.74, 6) is 1.08. The molecule has 0 saturated heterocycles. The third-order valence-electron chi connectivity index (χ3n) is 2.84. The summed E-state index contributed by atoms with van der Waals surface area (Å²) in [6.07, 6.45) is 2.31.